The minimum atomic E-state index is -0.380. The maximum Gasteiger partial charge on any atom is 0.287 e. The number of hydrogen-bond acceptors (Lipinski definition) is 5. The molecule has 2 heterocycles. The lowest BCUT2D eigenvalue weighted by Crippen LogP contribution is -2.37. The Bertz CT molecular complexity index is 1140. The SMILES string of the molecule is COc1ccc([C@H](CNC(=O)c2cc(=O)c3cc(C)c(C)cc3o2)N2CCCC2)cc1. The summed E-state index contributed by atoms with van der Waals surface area (Å²) in [5.74, 6) is 0.460. The minimum absolute atomic E-state index is 0.0376. The first-order chi connectivity index (χ1) is 15.0. The van der Waals surface area contributed by atoms with Gasteiger partial charge in [-0.15, -0.1) is 0 Å². The molecule has 162 valence electrons. The number of fused-ring (bicyclic) bond motifs is 1. The van der Waals surface area contributed by atoms with E-state index in [0.29, 0.717) is 17.5 Å². The number of aryl methyl sites for hydroxylation is 2. The summed E-state index contributed by atoms with van der Waals surface area (Å²) in [7, 11) is 1.65. The van der Waals surface area contributed by atoms with Gasteiger partial charge in [0.25, 0.3) is 5.91 Å². The van der Waals surface area contributed by atoms with Crippen molar-refractivity contribution >= 4 is 16.9 Å². The molecule has 6 heteroatoms. The van der Waals surface area contributed by atoms with Crippen LogP contribution in [0.1, 0.15) is 46.1 Å². The van der Waals surface area contributed by atoms with Crippen molar-refractivity contribution in [1.29, 1.82) is 0 Å². The molecule has 0 radical (unpaired) electrons. The average Bonchev–Trinajstić information content (AvgIpc) is 3.30. The molecule has 1 N–H and O–H groups in total. The van der Waals surface area contributed by atoms with Crippen molar-refractivity contribution in [2.45, 2.75) is 32.7 Å². The van der Waals surface area contributed by atoms with Crippen molar-refractivity contribution in [1.82, 2.24) is 10.2 Å². The first-order valence-electron chi connectivity index (χ1n) is 10.7. The fourth-order valence-electron chi connectivity index (χ4n) is 4.14. The summed E-state index contributed by atoms with van der Waals surface area (Å²) in [4.78, 5) is 27.8. The van der Waals surface area contributed by atoms with Crippen molar-refractivity contribution in [3.8, 4) is 5.75 Å². The Hall–Kier alpha value is -3.12. The number of ether oxygens (including phenoxy) is 1. The van der Waals surface area contributed by atoms with Gasteiger partial charge in [-0.1, -0.05) is 12.1 Å². The topological polar surface area (TPSA) is 71.8 Å². The highest BCUT2D eigenvalue weighted by Crippen LogP contribution is 2.26. The normalized spacial score (nSPS) is 15.2. The summed E-state index contributed by atoms with van der Waals surface area (Å²) in [6.45, 7) is 6.33. The number of hydrogen-bond donors (Lipinski definition) is 1. The van der Waals surface area contributed by atoms with Gasteiger partial charge in [0, 0.05) is 12.6 Å². The van der Waals surface area contributed by atoms with Gasteiger partial charge in [0.1, 0.15) is 11.3 Å². The van der Waals surface area contributed by atoms with E-state index in [1.165, 1.54) is 6.07 Å². The van der Waals surface area contributed by atoms with Gasteiger partial charge in [-0.3, -0.25) is 14.5 Å². The summed E-state index contributed by atoms with van der Waals surface area (Å²) >= 11 is 0. The number of methoxy groups -OCH3 is 1. The van der Waals surface area contributed by atoms with Crippen LogP contribution >= 0.6 is 0 Å². The van der Waals surface area contributed by atoms with Gasteiger partial charge in [-0.2, -0.15) is 0 Å². The second kappa shape index (κ2) is 8.94. The van der Waals surface area contributed by atoms with Gasteiger partial charge in [-0.25, -0.2) is 0 Å². The monoisotopic (exact) mass is 420 g/mol. The van der Waals surface area contributed by atoms with Crippen molar-refractivity contribution in [2.24, 2.45) is 0 Å². The molecular weight excluding hydrogens is 392 g/mol. The zero-order chi connectivity index (χ0) is 22.0. The number of nitrogens with one attached hydrogen (secondary N) is 1. The highest BCUT2D eigenvalue weighted by molar-refractivity contribution is 5.93. The van der Waals surface area contributed by atoms with E-state index in [9.17, 15) is 9.59 Å². The first kappa shape index (κ1) is 21.1. The van der Waals surface area contributed by atoms with Crippen LogP contribution in [0.4, 0.5) is 0 Å². The van der Waals surface area contributed by atoms with E-state index in [0.717, 1.165) is 48.4 Å². The van der Waals surface area contributed by atoms with Crippen LogP contribution < -0.4 is 15.5 Å². The summed E-state index contributed by atoms with van der Waals surface area (Å²) in [5, 5.41) is 3.47. The second-order valence-electron chi connectivity index (χ2n) is 8.15. The number of benzene rings is 2. The van der Waals surface area contributed by atoms with Gasteiger partial charge in [-0.05, 0) is 80.7 Å². The molecule has 1 aliphatic heterocycles. The maximum absolute atomic E-state index is 12.9. The van der Waals surface area contributed by atoms with Crippen molar-refractivity contribution in [3.05, 3.63) is 75.1 Å². The van der Waals surface area contributed by atoms with E-state index in [1.807, 2.05) is 50.2 Å². The van der Waals surface area contributed by atoms with E-state index in [1.54, 1.807) is 7.11 Å². The molecule has 2 aromatic carbocycles. The second-order valence-corrected chi connectivity index (χ2v) is 8.15. The lowest BCUT2D eigenvalue weighted by Gasteiger charge is -2.28. The standard InChI is InChI=1S/C25H28N2O4/c1-16-12-20-22(28)14-24(31-23(20)13-17(16)2)25(29)26-15-21(27-10-4-5-11-27)18-6-8-19(30-3)9-7-18/h6-9,12-14,21H,4-5,10-11,15H2,1-3H3,(H,26,29)/t21-/m0/s1. The largest absolute Gasteiger partial charge is 0.497 e. The van der Waals surface area contributed by atoms with Gasteiger partial charge in [0.15, 0.2) is 11.2 Å². The zero-order valence-corrected chi connectivity index (χ0v) is 18.2. The molecule has 0 spiro atoms. The fourth-order valence-corrected chi connectivity index (χ4v) is 4.14. The van der Waals surface area contributed by atoms with Crippen molar-refractivity contribution < 1.29 is 13.9 Å². The molecule has 1 aliphatic rings. The van der Waals surface area contributed by atoms with E-state index >= 15 is 0 Å². The molecule has 1 fully saturated rings. The van der Waals surface area contributed by atoms with E-state index < -0.39 is 0 Å². The van der Waals surface area contributed by atoms with Crippen LogP contribution in [0.5, 0.6) is 5.75 Å². The number of rotatable bonds is 6. The molecular formula is C25H28N2O4. The van der Waals surface area contributed by atoms with E-state index in [2.05, 4.69) is 10.2 Å². The third-order valence-corrected chi connectivity index (χ3v) is 6.11. The third-order valence-electron chi connectivity index (χ3n) is 6.11. The summed E-state index contributed by atoms with van der Waals surface area (Å²) in [6.07, 6.45) is 2.30. The smallest absolute Gasteiger partial charge is 0.287 e. The van der Waals surface area contributed by atoms with Crippen LogP contribution in [0, 0.1) is 13.8 Å². The molecule has 1 amide bonds. The number of carbonyl (C=O) groups is 1. The molecule has 1 saturated heterocycles. The molecule has 0 saturated carbocycles. The van der Waals surface area contributed by atoms with Gasteiger partial charge >= 0.3 is 0 Å². The quantitative estimate of drug-likeness (QED) is 0.653. The van der Waals surface area contributed by atoms with E-state index in [-0.39, 0.29) is 23.1 Å². The minimum Gasteiger partial charge on any atom is -0.497 e. The molecule has 0 aliphatic carbocycles. The highest BCUT2D eigenvalue weighted by Gasteiger charge is 2.25. The Kier molecular flexibility index (Phi) is 6.09. The Morgan fingerprint density at radius 3 is 2.45 bits per heavy atom. The van der Waals surface area contributed by atoms with Gasteiger partial charge < -0.3 is 14.5 Å². The maximum atomic E-state index is 12.9. The van der Waals surface area contributed by atoms with Crippen LogP contribution in [0.15, 0.2) is 51.7 Å². The van der Waals surface area contributed by atoms with Gasteiger partial charge in [0.05, 0.1) is 18.5 Å². The van der Waals surface area contributed by atoms with Gasteiger partial charge in [0.2, 0.25) is 0 Å². The Balaban J connectivity index is 1.56. The van der Waals surface area contributed by atoms with Crippen LogP contribution in [-0.2, 0) is 0 Å². The number of nitrogens with zero attached hydrogens (tertiary/aromatic N) is 1. The lowest BCUT2D eigenvalue weighted by molar-refractivity contribution is 0.0910. The van der Waals surface area contributed by atoms with Crippen LogP contribution in [0.2, 0.25) is 0 Å². The molecule has 1 aromatic heterocycles. The van der Waals surface area contributed by atoms with Crippen molar-refractivity contribution in [2.75, 3.05) is 26.7 Å². The Labute approximate surface area is 181 Å². The third kappa shape index (κ3) is 4.49. The Morgan fingerprint density at radius 1 is 1.10 bits per heavy atom. The molecule has 0 unspecified atom stereocenters. The first-order valence-corrected chi connectivity index (χ1v) is 10.7. The van der Waals surface area contributed by atoms with Crippen LogP contribution in [-0.4, -0.2) is 37.6 Å². The van der Waals surface area contributed by atoms with Crippen molar-refractivity contribution in [3.63, 3.8) is 0 Å². The summed E-state index contributed by atoms with van der Waals surface area (Å²) < 4.78 is 11.1. The number of amides is 1. The average molecular weight is 421 g/mol. The summed E-state index contributed by atoms with van der Waals surface area (Å²) in [5.41, 5.74) is 3.38. The molecule has 4 rings (SSSR count). The summed E-state index contributed by atoms with van der Waals surface area (Å²) in [6, 6.07) is 12.9. The molecule has 0 bridgehead atoms. The predicted octanol–water partition coefficient (Wildman–Crippen LogP) is 3.99. The van der Waals surface area contributed by atoms with Crippen LogP contribution in [0.25, 0.3) is 11.0 Å². The predicted molar refractivity (Wildman–Crippen MR) is 121 cm³/mol. The molecule has 1 atom stereocenters. The van der Waals surface area contributed by atoms with Crippen LogP contribution in [0.3, 0.4) is 0 Å². The van der Waals surface area contributed by atoms with E-state index in [4.69, 9.17) is 9.15 Å². The zero-order valence-electron chi connectivity index (χ0n) is 18.2. The number of likely N-dealkylation sites (tertiary alicyclic amines) is 1. The fraction of sp³-hybridized carbons (Fsp3) is 0.360. The number of carbonyl (C=O) groups excluding carboxylic acids is 1. The Morgan fingerprint density at radius 2 is 1.77 bits per heavy atom. The lowest BCUT2D eigenvalue weighted by atomic mass is 10.0. The molecule has 6 nitrogen and oxygen atoms in total. The highest BCUT2D eigenvalue weighted by atomic mass is 16.5. The molecule has 3 aromatic rings. The molecule has 31 heavy (non-hydrogen) atoms.